The van der Waals surface area contributed by atoms with Crippen LogP contribution in [0.25, 0.3) is 22.5 Å². The number of carbonyl (C=O) groups excluding carboxylic acids is 1. The summed E-state index contributed by atoms with van der Waals surface area (Å²) >= 11 is 0. The average molecular weight is 427 g/mol. The van der Waals surface area contributed by atoms with Crippen LogP contribution in [0.3, 0.4) is 0 Å². The van der Waals surface area contributed by atoms with Crippen molar-refractivity contribution >= 4 is 11.6 Å². The van der Waals surface area contributed by atoms with E-state index in [2.05, 4.69) is 5.16 Å². The van der Waals surface area contributed by atoms with E-state index in [1.165, 1.54) is 12.2 Å². The van der Waals surface area contributed by atoms with E-state index in [1.807, 2.05) is 18.2 Å². The van der Waals surface area contributed by atoms with Gasteiger partial charge in [-0.25, -0.2) is 0 Å². The summed E-state index contributed by atoms with van der Waals surface area (Å²) in [6.45, 7) is 0.231. The number of nitrogens with zero attached hydrogens (tertiary/aromatic N) is 2. The molecule has 3 aromatic rings. The highest BCUT2D eigenvalue weighted by Gasteiger charge is 2.21. The second-order valence-corrected chi connectivity index (χ2v) is 6.44. The minimum absolute atomic E-state index is 0.169. The third-order valence-corrected chi connectivity index (χ3v) is 4.66. The fraction of sp³-hybridized carbons (Fsp3) is 0.273. The van der Waals surface area contributed by atoms with Gasteiger partial charge in [0.25, 0.3) is 5.91 Å². The van der Waals surface area contributed by atoms with Crippen LogP contribution in [0.4, 0.5) is 5.69 Å². The van der Waals surface area contributed by atoms with E-state index in [4.69, 9.17) is 29.3 Å². The first kappa shape index (κ1) is 22.1. The van der Waals surface area contributed by atoms with Gasteiger partial charge in [-0.1, -0.05) is 17.3 Å². The van der Waals surface area contributed by atoms with E-state index < -0.39 is 0 Å². The number of aromatic nitrogens is 1. The predicted octanol–water partition coefficient (Wildman–Crippen LogP) is 3.28. The molecule has 1 amide bonds. The van der Waals surface area contributed by atoms with Gasteiger partial charge >= 0.3 is 0 Å². The standard InChI is InChI=1S/C22H25N3O6/c1-27-18-11-15(12-19(28-2)22(18)29-3)21-17(13-24-31-21)14-6-5-7-16(10-14)25(30-4)20(26)8-9-23/h5-7,10-13H,8-9,23H2,1-4H3. The first-order valence-electron chi connectivity index (χ1n) is 9.50. The largest absolute Gasteiger partial charge is 0.493 e. The van der Waals surface area contributed by atoms with Gasteiger partial charge in [-0.05, 0) is 29.8 Å². The minimum atomic E-state index is -0.239. The molecule has 9 heteroatoms. The van der Waals surface area contributed by atoms with E-state index in [9.17, 15) is 4.79 Å². The average Bonchev–Trinajstić information content (AvgIpc) is 3.29. The first-order chi connectivity index (χ1) is 15.1. The van der Waals surface area contributed by atoms with Crippen molar-refractivity contribution in [2.75, 3.05) is 40.0 Å². The number of hydrogen-bond acceptors (Lipinski definition) is 8. The third kappa shape index (κ3) is 4.47. The maximum Gasteiger partial charge on any atom is 0.252 e. The van der Waals surface area contributed by atoms with Crippen molar-refractivity contribution in [1.82, 2.24) is 5.16 Å². The molecule has 164 valence electrons. The molecule has 0 unspecified atom stereocenters. The first-order valence-corrected chi connectivity index (χ1v) is 9.50. The van der Waals surface area contributed by atoms with Crippen LogP contribution in [0.1, 0.15) is 6.42 Å². The molecule has 0 spiro atoms. The second-order valence-electron chi connectivity index (χ2n) is 6.44. The molecule has 0 atom stereocenters. The van der Waals surface area contributed by atoms with Crippen LogP contribution >= 0.6 is 0 Å². The monoisotopic (exact) mass is 427 g/mol. The Bertz CT molecular complexity index is 1020. The summed E-state index contributed by atoms with van der Waals surface area (Å²) in [6, 6.07) is 10.8. The van der Waals surface area contributed by atoms with Crippen LogP contribution in [-0.2, 0) is 9.63 Å². The minimum Gasteiger partial charge on any atom is -0.493 e. The fourth-order valence-corrected chi connectivity index (χ4v) is 3.24. The molecule has 0 fully saturated rings. The smallest absolute Gasteiger partial charge is 0.252 e. The Morgan fingerprint density at radius 2 is 1.74 bits per heavy atom. The predicted molar refractivity (Wildman–Crippen MR) is 115 cm³/mol. The van der Waals surface area contributed by atoms with Crippen molar-refractivity contribution < 1.29 is 28.4 Å². The summed E-state index contributed by atoms with van der Waals surface area (Å²) < 4.78 is 21.8. The molecule has 0 saturated heterocycles. The molecule has 0 bridgehead atoms. The molecular weight excluding hydrogens is 402 g/mol. The maximum absolute atomic E-state index is 12.3. The molecule has 9 nitrogen and oxygen atoms in total. The molecule has 3 rings (SSSR count). The molecule has 1 aromatic heterocycles. The molecule has 31 heavy (non-hydrogen) atoms. The number of methoxy groups -OCH3 is 3. The van der Waals surface area contributed by atoms with Gasteiger partial charge in [0.15, 0.2) is 17.3 Å². The van der Waals surface area contributed by atoms with Crippen molar-refractivity contribution in [3.8, 4) is 39.7 Å². The number of nitrogens with two attached hydrogens (primary N) is 1. The van der Waals surface area contributed by atoms with Crippen molar-refractivity contribution in [3.05, 3.63) is 42.6 Å². The number of carbonyl (C=O) groups is 1. The van der Waals surface area contributed by atoms with Crippen LogP contribution in [0, 0.1) is 0 Å². The van der Waals surface area contributed by atoms with Gasteiger partial charge in [-0.3, -0.25) is 9.63 Å². The van der Waals surface area contributed by atoms with Crippen LogP contribution in [-0.4, -0.2) is 46.0 Å². The second kappa shape index (κ2) is 9.96. The lowest BCUT2D eigenvalue weighted by molar-refractivity contribution is -0.124. The van der Waals surface area contributed by atoms with E-state index in [0.29, 0.717) is 34.3 Å². The zero-order chi connectivity index (χ0) is 22.4. The molecule has 0 saturated carbocycles. The van der Waals surface area contributed by atoms with Crippen molar-refractivity contribution in [2.45, 2.75) is 6.42 Å². The van der Waals surface area contributed by atoms with Crippen molar-refractivity contribution in [1.29, 1.82) is 0 Å². The van der Waals surface area contributed by atoms with E-state index in [0.717, 1.165) is 11.1 Å². The van der Waals surface area contributed by atoms with Gasteiger partial charge in [-0.15, -0.1) is 0 Å². The number of anilines is 1. The molecular formula is C22H25N3O6. The summed E-state index contributed by atoms with van der Waals surface area (Å²) in [4.78, 5) is 17.6. The molecule has 0 radical (unpaired) electrons. The van der Waals surface area contributed by atoms with E-state index in [1.54, 1.807) is 45.7 Å². The van der Waals surface area contributed by atoms with Crippen LogP contribution in [0.2, 0.25) is 0 Å². The Kier molecular flexibility index (Phi) is 7.11. The SMILES string of the molecule is COc1cc(-c2oncc2-c2cccc(N(OC)C(=O)CCN)c2)cc(OC)c1OC. The summed E-state index contributed by atoms with van der Waals surface area (Å²) in [7, 11) is 6.06. The lowest BCUT2D eigenvalue weighted by atomic mass is 10.0. The zero-order valence-electron chi connectivity index (χ0n) is 17.9. The van der Waals surface area contributed by atoms with Crippen LogP contribution in [0.15, 0.2) is 47.1 Å². The van der Waals surface area contributed by atoms with E-state index >= 15 is 0 Å². The number of hydrogen-bond donors (Lipinski definition) is 1. The highest BCUT2D eigenvalue weighted by molar-refractivity contribution is 5.92. The summed E-state index contributed by atoms with van der Waals surface area (Å²) in [5.41, 5.74) is 8.26. The summed E-state index contributed by atoms with van der Waals surface area (Å²) in [6.07, 6.45) is 1.78. The van der Waals surface area contributed by atoms with Gasteiger partial charge in [0.1, 0.15) is 0 Å². The number of benzene rings is 2. The Morgan fingerprint density at radius 1 is 1.03 bits per heavy atom. The molecule has 0 aliphatic carbocycles. The highest BCUT2D eigenvalue weighted by Crippen LogP contribution is 2.43. The topological polar surface area (TPSA) is 109 Å². The Morgan fingerprint density at radius 3 is 2.32 bits per heavy atom. The Balaban J connectivity index is 2.06. The molecule has 1 heterocycles. The zero-order valence-corrected chi connectivity index (χ0v) is 17.9. The maximum atomic E-state index is 12.3. The molecule has 2 N–H and O–H groups in total. The Hall–Kier alpha value is -3.56. The lowest BCUT2D eigenvalue weighted by Gasteiger charge is -2.20. The summed E-state index contributed by atoms with van der Waals surface area (Å²) in [5.74, 6) is 1.73. The van der Waals surface area contributed by atoms with Crippen LogP contribution < -0.4 is 25.0 Å². The van der Waals surface area contributed by atoms with Gasteiger partial charge < -0.3 is 24.5 Å². The number of ether oxygens (including phenoxy) is 3. The molecule has 0 aliphatic heterocycles. The van der Waals surface area contributed by atoms with Crippen LogP contribution in [0.5, 0.6) is 17.2 Å². The van der Waals surface area contributed by atoms with Gasteiger partial charge in [0.2, 0.25) is 5.75 Å². The molecule has 2 aromatic carbocycles. The van der Waals surface area contributed by atoms with Gasteiger partial charge in [-0.2, -0.15) is 5.06 Å². The van der Waals surface area contributed by atoms with E-state index in [-0.39, 0.29) is 18.9 Å². The fourth-order valence-electron chi connectivity index (χ4n) is 3.24. The Labute approximate surface area is 180 Å². The van der Waals surface area contributed by atoms with Crippen molar-refractivity contribution in [2.24, 2.45) is 5.73 Å². The quantitative estimate of drug-likeness (QED) is 0.518. The van der Waals surface area contributed by atoms with Gasteiger partial charge in [0.05, 0.1) is 40.3 Å². The van der Waals surface area contributed by atoms with Crippen molar-refractivity contribution in [3.63, 3.8) is 0 Å². The highest BCUT2D eigenvalue weighted by atomic mass is 16.7. The number of hydroxylamine groups is 1. The molecule has 0 aliphatic rings. The van der Waals surface area contributed by atoms with Gasteiger partial charge in [0, 0.05) is 24.1 Å². The summed E-state index contributed by atoms with van der Waals surface area (Å²) in [5, 5.41) is 5.18. The normalized spacial score (nSPS) is 10.6. The third-order valence-electron chi connectivity index (χ3n) is 4.66. The number of rotatable bonds is 9. The lowest BCUT2D eigenvalue weighted by Crippen LogP contribution is -2.31. The number of amides is 1.